The van der Waals surface area contributed by atoms with Gasteiger partial charge in [0, 0.05) is 6.54 Å². The van der Waals surface area contributed by atoms with Crippen molar-refractivity contribution in [2.75, 3.05) is 22.9 Å². The molecule has 0 aliphatic carbocycles. The van der Waals surface area contributed by atoms with Crippen molar-refractivity contribution in [1.29, 1.82) is 0 Å². The lowest BCUT2D eigenvalue weighted by Gasteiger charge is -2.36. The molecule has 0 fully saturated rings. The Kier molecular flexibility index (Phi) is 6.01. The van der Waals surface area contributed by atoms with Gasteiger partial charge in [-0.15, -0.1) is 0 Å². The average molecular weight is 469 g/mol. The molecular weight excluding hydrogens is 449 g/mol. The van der Waals surface area contributed by atoms with E-state index in [1.165, 1.54) is 49.6 Å². The van der Waals surface area contributed by atoms with Gasteiger partial charge in [-0.25, -0.2) is 17.6 Å². The summed E-state index contributed by atoms with van der Waals surface area (Å²) in [6, 6.07) is 16.9. The van der Waals surface area contributed by atoms with Crippen LogP contribution < -0.4 is 19.3 Å². The van der Waals surface area contributed by atoms with Gasteiger partial charge in [0.25, 0.3) is 10.0 Å². The maximum Gasteiger partial charge on any atom is 0.343 e. The Balaban J connectivity index is 1.66. The first-order valence-corrected chi connectivity index (χ1v) is 11.4. The zero-order valence-corrected chi connectivity index (χ0v) is 18.4. The van der Waals surface area contributed by atoms with Crippen LogP contribution in [0, 0.1) is 5.82 Å². The number of hydrogen-bond acceptors (Lipinski definition) is 5. The highest BCUT2D eigenvalue weighted by Gasteiger charge is 2.44. The molecule has 0 bridgehead atoms. The van der Waals surface area contributed by atoms with E-state index < -0.39 is 34.3 Å². The maximum absolute atomic E-state index is 13.4. The number of halogens is 1. The van der Waals surface area contributed by atoms with Crippen molar-refractivity contribution in [2.45, 2.75) is 11.4 Å². The van der Waals surface area contributed by atoms with Gasteiger partial charge in [-0.05, 0) is 42.0 Å². The summed E-state index contributed by atoms with van der Waals surface area (Å²) in [5.74, 6) is -0.713. The molecule has 0 radical (unpaired) electrons. The largest absolute Gasteiger partial charge is 0.495 e. The highest BCUT2D eigenvalue weighted by Crippen LogP contribution is 2.40. The van der Waals surface area contributed by atoms with Crippen LogP contribution in [0.3, 0.4) is 0 Å². The zero-order chi connectivity index (χ0) is 23.6. The average Bonchev–Trinajstić information content (AvgIpc) is 2.82. The van der Waals surface area contributed by atoms with Gasteiger partial charge in [0.05, 0.1) is 12.8 Å². The number of carbonyl (C=O) groups is 2. The third-order valence-electron chi connectivity index (χ3n) is 5.09. The number of nitrogens with one attached hydrogen (secondary N) is 1. The summed E-state index contributed by atoms with van der Waals surface area (Å²) in [7, 11) is -2.88. The highest BCUT2D eigenvalue weighted by molar-refractivity contribution is 7.94. The summed E-state index contributed by atoms with van der Waals surface area (Å²) in [6.07, 6.45) is 0. The number of methoxy groups -OCH3 is 1. The van der Waals surface area contributed by atoms with Gasteiger partial charge < -0.3 is 10.1 Å². The molecule has 0 saturated heterocycles. The molecule has 170 valence electrons. The molecule has 4 rings (SSSR count). The topological polar surface area (TPSA) is 96.0 Å². The minimum Gasteiger partial charge on any atom is -0.495 e. The minimum atomic E-state index is -4.25. The van der Waals surface area contributed by atoms with Crippen LogP contribution in [0.5, 0.6) is 5.75 Å². The lowest BCUT2D eigenvalue weighted by Crippen LogP contribution is -2.53. The fourth-order valence-corrected chi connectivity index (χ4v) is 5.10. The lowest BCUT2D eigenvalue weighted by molar-refractivity contribution is -0.119. The molecule has 0 atom stereocenters. The fourth-order valence-electron chi connectivity index (χ4n) is 3.50. The fraction of sp³-hybridized carbons (Fsp3) is 0.130. The number of amides is 3. The third-order valence-corrected chi connectivity index (χ3v) is 6.82. The Morgan fingerprint density at radius 3 is 2.30 bits per heavy atom. The van der Waals surface area contributed by atoms with Crippen LogP contribution in [-0.2, 0) is 21.4 Å². The molecule has 3 aromatic carbocycles. The Bertz CT molecular complexity index is 1310. The molecule has 0 spiro atoms. The lowest BCUT2D eigenvalue weighted by atomic mass is 10.2. The SMILES string of the molecule is COc1ccccc1N1C(=O)N(CC(=O)NCc2ccc(F)cc2)c2ccccc2S1(=O)=O. The molecule has 8 nitrogen and oxygen atoms in total. The molecule has 10 heteroatoms. The molecular formula is C23H20FN3O5S. The van der Waals surface area contributed by atoms with Crippen LogP contribution in [0.1, 0.15) is 5.56 Å². The second kappa shape index (κ2) is 8.91. The van der Waals surface area contributed by atoms with Gasteiger partial charge in [-0.3, -0.25) is 9.69 Å². The smallest absolute Gasteiger partial charge is 0.343 e. The van der Waals surface area contributed by atoms with Crippen molar-refractivity contribution >= 4 is 33.3 Å². The minimum absolute atomic E-state index is 0.0382. The molecule has 3 amide bonds. The Morgan fingerprint density at radius 2 is 1.61 bits per heavy atom. The number of anilines is 2. The van der Waals surface area contributed by atoms with Gasteiger partial charge >= 0.3 is 6.03 Å². The molecule has 1 aliphatic rings. The third kappa shape index (κ3) is 4.24. The van der Waals surface area contributed by atoms with E-state index in [2.05, 4.69) is 5.32 Å². The van der Waals surface area contributed by atoms with Crippen molar-refractivity contribution in [3.63, 3.8) is 0 Å². The molecule has 1 aliphatic heterocycles. The normalized spacial score (nSPS) is 14.5. The predicted molar refractivity (Wildman–Crippen MR) is 120 cm³/mol. The van der Waals surface area contributed by atoms with Gasteiger partial charge in [0.2, 0.25) is 5.91 Å². The maximum atomic E-state index is 13.4. The van der Waals surface area contributed by atoms with E-state index in [1.807, 2.05) is 0 Å². The Morgan fingerprint density at radius 1 is 0.970 bits per heavy atom. The predicted octanol–water partition coefficient (Wildman–Crippen LogP) is 3.29. The van der Waals surface area contributed by atoms with Crippen LogP contribution in [-0.4, -0.2) is 34.0 Å². The van der Waals surface area contributed by atoms with E-state index in [9.17, 15) is 22.4 Å². The second-order valence-corrected chi connectivity index (χ2v) is 8.94. The molecule has 33 heavy (non-hydrogen) atoms. The summed E-state index contributed by atoms with van der Waals surface area (Å²) in [6.45, 7) is -0.296. The molecule has 3 aromatic rings. The summed E-state index contributed by atoms with van der Waals surface area (Å²) >= 11 is 0. The van der Waals surface area contributed by atoms with Gasteiger partial charge in [-0.1, -0.05) is 36.4 Å². The number of para-hydroxylation sites is 3. The first-order valence-electron chi connectivity index (χ1n) is 9.93. The summed E-state index contributed by atoms with van der Waals surface area (Å²) in [5, 5.41) is 2.67. The first-order chi connectivity index (χ1) is 15.8. The van der Waals surface area contributed by atoms with Crippen molar-refractivity contribution in [3.05, 3.63) is 84.2 Å². The van der Waals surface area contributed by atoms with E-state index in [4.69, 9.17) is 4.74 Å². The van der Waals surface area contributed by atoms with Crippen LogP contribution in [0.25, 0.3) is 0 Å². The Labute approximate surface area is 190 Å². The summed E-state index contributed by atoms with van der Waals surface area (Å²) in [5.41, 5.74) is 0.815. The number of hydrogen-bond donors (Lipinski definition) is 1. The van der Waals surface area contributed by atoms with Crippen LogP contribution in [0.4, 0.5) is 20.6 Å². The number of benzene rings is 3. The standard InChI is InChI=1S/C23H20FN3O5S/c1-32-20-8-4-2-6-18(20)27-23(29)26(19-7-3-5-9-21(19)33(27,30)31)15-22(28)25-14-16-10-12-17(24)13-11-16/h2-13H,14-15H2,1H3,(H,25,28). The van der Waals surface area contributed by atoms with Gasteiger partial charge in [-0.2, -0.15) is 4.31 Å². The van der Waals surface area contributed by atoms with Crippen LogP contribution in [0.2, 0.25) is 0 Å². The van der Waals surface area contributed by atoms with E-state index in [0.29, 0.717) is 9.87 Å². The Hall–Kier alpha value is -3.92. The summed E-state index contributed by atoms with van der Waals surface area (Å²) < 4.78 is 45.7. The number of carbonyl (C=O) groups excluding carboxylic acids is 2. The van der Waals surface area contributed by atoms with Crippen LogP contribution in [0.15, 0.2) is 77.7 Å². The van der Waals surface area contributed by atoms with E-state index in [1.54, 1.807) is 30.3 Å². The quantitative estimate of drug-likeness (QED) is 0.598. The van der Waals surface area contributed by atoms with Crippen LogP contribution >= 0.6 is 0 Å². The number of urea groups is 1. The molecule has 0 saturated carbocycles. The molecule has 0 unspecified atom stereocenters. The van der Waals surface area contributed by atoms with E-state index >= 15 is 0 Å². The van der Waals surface area contributed by atoms with Crippen molar-refractivity contribution in [1.82, 2.24) is 5.32 Å². The zero-order valence-electron chi connectivity index (χ0n) is 17.6. The van der Waals surface area contributed by atoms with Gasteiger partial charge in [0.1, 0.15) is 28.7 Å². The monoisotopic (exact) mass is 469 g/mol. The number of rotatable bonds is 6. The van der Waals surface area contributed by atoms with Crippen molar-refractivity contribution in [2.24, 2.45) is 0 Å². The molecule has 1 heterocycles. The van der Waals surface area contributed by atoms with Gasteiger partial charge in [0.15, 0.2) is 0 Å². The summed E-state index contributed by atoms with van der Waals surface area (Å²) in [4.78, 5) is 27.1. The second-order valence-electron chi connectivity index (χ2n) is 7.18. The molecule has 1 N–H and O–H groups in total. The van der Waals surface area contributed by atoms with Crippen molar-refractivity contribution < 1.29 is 27.1 Å². The highest BCUT2D eigenvalue weighted by atomic mass is 32.2. The molecule has 0 aromatic heterocycles. The number of fused-ring (bicyclic) bond motifs is 1. The van der Waals surface area contributed by atoms with E-state index in [0.717, 1.165) is 4.90 Å². The van der Waals surface area contributed by atoms with Crippen molar-refractivity contribution in [3.8, 4) is 5.75 Å². The first kappa shape index (κ1) is 22.3. The number of nitrogens with zero attached hydrogens (tertiary/aromatic N) is 2. The number of sulfonamides is 1. The van der Waals surface area contributed by atoms with E-state index in [-0.39, 0.29) is 28.6 Å². The number of ether oxygens (including phenoxy) is 1.